The zero-order valence-electron chi connectivity index (χ0n) is 12.6. The zero-order valence-corrected chi connectivity index (χ0v) is 13.5. The van der Waals surface area contributed by atoms with E-state index in [-0.39, 0.29) is 5.71 Å². The average molecular weight is 326 g/mol. The van der Waals surface area contributed by atoms with Gasteiger partial charge in [-0.3, -0.25) is 0 Å². The molecule has 0 unspecified atom stereocenters. The second-order valence-corrected chi connectivity index (χ2v) is 5.68. The van der Waals surface area contributed by atoms with Crippen molar-refractivity contribution in [2.24, 2.45) is 5.16 Å². The lowest BCUT2D eigenvalue weighted by Gasteiger charge is -2.08. The maximum absolute atomic E-state index is 12.0. The Morgan fingerprint density at radius 2 is 1.83 bits per heavy atom. The molecule has 0 aliphatic rings. The summed E-state index contributed by atoms with van der Waals surface area (Å²) < 4.78 is 5.89. The number of thiazole rings is 1. The molecule has 6 heteroatoms. The van der Waals surface area contributed by atoms with E-state index < -0.39 is 5.97 Å². The van der Waals surface area contributed by atoms with Crippen molar-refractivity contribution < 1.29 is 14.4 Å². The highest BCUT2D eigenvalue weighted by Gasteiger charge is 2.21. The smallest absolute Gasteiger partial charge is 0.360 e. The van der Waals surface area contributed by atoms with Crippen molar-refractivity contribution in [3.05, 3.63) is 54.1 Å². The van der Waals surface area contributed by atoms with Crippen molar-refractivity contribution in [1.82, 2.24) is 4.98 Å². The summed E-state index contributed by atoms with van der Waals surface area (Å²) in [6, 6.07) is 15.3. The number of para-hydroxylation sites is 1. The fourth-order valence-electron chi connectivity index (χ4n) is 2.25. The first-order chi connectivity index (χ1) is 11.2. The number of carbonyl (C=O) groups excluding carboxylic acids is 1. The predicted molar refractivity (Wildman–Crippen MR) is 90.6 cm³/mol. The molecule has 1 aromatic heterocycles. The second kappa shape index (κ2) is 6.58. The van der Waals surface area contributed by atoms with Crippen molar-refractivity contribution >= 4 is 33.2 Å². The molecule has 0 bridgehead atoms. The van der Waals surface area contributed by atoms with E-state index in [0.717, 1.165) is 20.8 Å². The third-order valence-corrected chi connectivity index (χ3v) is 4.34. The van der Waals surface area contributed by atoms with Gasteiger partial charge in [-0.1, -0.05) is 41.6 Å². The Bertz CT molecular complexity index is 853. The normalized spacial score (nSPS) is 11.5. The van der Waals surface area contributed by atoms with Crippen molar-refractivity contribution in [2.45, 2.75) is 0 Å². The molecule has 0 aliphatic carbocycles. The van der Waals surface area contributed by atoms with Crippen LogP contribution in [0.25, 0.3) is 20.8 Å². The lowest BCUT2D eigenvalue weighted by molar-refractivity contribution is -0.132. The molecule has 0 amide bonds. The van der Waals surface area contributed by atoms with E-state index in [1.54, 1.807) is 17.4 Å². The summed E-state index contributed by atoms with van der Waals surface area (Å²) in [5.74, 6) is -0.555. The van der Waals surface area contributed by atoms with Crippen LogP contribution in [0, 0.1) is 0 Å². The number of hydrogen-bond donors (Lipinski definition) is 0. The number of methoxy groups -OCH3 is 1. The number of aromatic nitrogens is 1. The van der Waals surface area contributed by atoms with E-state index in [4.69, 9.17) is 9.57 Å². The zero-order chi connectivity index (χ0) is 16.2. The Kier molecular flexibility index (Phi) is 4.34. The number of hydrogen-bond acceptors (Lipinski definition) is 6. The Morgan fingerprint density at radius 3 is 2.57 bits per heavy atom. The summed E-state index contributed by atoms with van der Waals surface area (Å²) in [6.45, 7) is 0. The molecule has 0 spiro atoms. The first-order valence-electron chi connectivity index (χ1n) is 6.89. The van der Waals surface area contributed by atoms with Gasteiger partial charge in [0.05, 0.1) is 17.3 Å². The van der Waals surface area contributed by atoms with Crippen LogP contribution in [0.2, 0.25) is 0 Å². The number of fused-ring (bicyclic) bond motifs is 1. The molecule has 3 aromatic rings. The summed E-state index contributed by atoms with van der Waals surface area (Å²) in [7, 11) is 2.71. The predicted octanol–water partition coefficient (Wildman–Crippen LogP) is 3.49. The second-order valence-electron chi connectivity index (χ2n) is 4.65. The molecule has 0 fully saturated rings. The molecule has 5 nitrogen and oxygen atoms in total. The Labute approximate surface area is 137 Å². The molecule has 0 aliphatic heterocycles. The Balaban J connectivity index is 2.17. The molecule has 116 valence electrons. The number of nitrogens with zero attached hydrogens (tertiary/aromatic N) is 2. The average Bonchev–Trinajstić information content (AvgIpc) is 3.03. The SMILES string of the molecule is CON=C(C(=O)OC)c1ccccc1-c1nc2ccccc2s1. The fraction of sp³-hybridized carbons (Fsp3) is 0.118. The molecule has 0 saturated heterocycles. The monoisotopic (exact) mass is 326 g/mol. The van der Waals surface area contributed by atoms with Gasteiger partial charge in [-0.25, -0.2) is 9.78 Å². The van der Waals surface area contributed by atoms with Crippen LogP contribution in [0.3, 0.4) is 0 Å². The number of benzene rings is 2. The highest BCUT2D eigenvalue weighted by Crippen LogP contribution is 2.32. The number of rotatable bonds is 4. The lowest BCUT2D eigenvalue weighted by atomic mass is 10.0. The number of ether oxygens (including phenoxy) is 1. The molecule has 2 aromatic carbocycles. The maximum Gasteiger partial charge on any atom is 0.360 e. The van der Waals surface area contributed by atoms with E-state index in [9.17, 15) is 4.79 Å². The third-order valence-electron chi connectivity index (χ3n) is 3.27. The summed E-state index contributed by atoms with van der Waals surface area (Å²) >= 11 is 1.56. The lowest BCUT2D eigenvalue weighted by Crippen LogP contribution is -2.18. The topological polar surface area (TPSA) is 60.8 Å². The van der Waals surface area contributed by atoms with Gasteiger partial charge < -0.3 is 9.57 Å². The Hall–Kier alpha value is -2.73. The molecular weight excluding hydrogens is 312 g/mol. The highest BCUT2D eigenvalue weighted by molar-refractivity contribution is 7.21. The van der Waals surface area contributed by atoms with Gasteiger partial charge in [0.25, 0.3) is 0 Å². The van der Waals surface area contributed by atoms with Crippen LogP contribution in [0.4, 0.5) is 0 Å². The molecule has 0 atom stereocenters. The quantitative estimate of drug-likeness (QED) is 0.418. The maximum atomic E-state index is 12.0. The van der Waals surface area contributed by atoms with E-state index >= 15 is 0 Å². The number of carbonyl (C=O) groups is 1. The van der Waals surface area contributed by atoms with Gasteiger partial charge >= 0.3 is 5.97 Å². The molecule has 23 heavy (non-hydrogen) atoms. The van der Waals surface area contributed by atoms with Crippen LogP contribution in [-0.4, -0.2) is 30.9 Å². The van der Waals surface area contributed by atoms with Gasteiger partial charge in [-0.15, -0.1) is 11.3 Å². The van der Waals surface area contributed by atoms with Crippen LogP contribution < -0.4 is 0 Å². The van der Waals surface area contributed by atoms with Gasteiger partial charge in [-0.2, -0.15) is 0 Å². The first kappa shape index (κ1) is 15.2. The number of esters is 1. The van der Waals surface area contributed by atoms with Gasteiger partial charge in [0.2, 0.25) is 0 Å². The van der Waals surface area contributed by atoms with Crippen LogP contribution in [0.15, 0.2) is 53.7 Å². The van der Waals surface area contributed by atoms with E-state index in [1.165, 1.54) is 14.2 Å². The minimum Gasteiger partial charge on any atom is -0.464 e. The van der Waals surface area contributed by atoms with Crippen LogP contribution in [0.5, 0.6) is 0 Å². The largest absolute Gasteiger partial charge is 0.464 e. The van der Waals surface area contributed by atoms with Gasteiger partial charge in [0.15, 0.2) is 5.71 Å². The molecule has 0 radical (unpaired) electrons. The molecule has 3 rings (SSSR count). The number of oxime groups is 1. The van der Waals surface area contributed by atoms with Crippen LogP contribution in [-0.2, 0) is 14.4 Å². The van der Waals surface area contributed by atoms with Gasteiger partial charge in [-0.05, 0) is 12.1 Å². The fourth-order valence-corrected chi connectivity index (χ4v) is 3.25. The summed E-state index contributed by atoms with van der Waals surface area (Å²) in [4.78, 5) is 21.5. The van der Waals surface area contributed by atoms with Crippen molar-refractivity contribution in [2.75, 3.05) is 14.2 Å². The summed E-state index contributed by atoms with van der Waals surface area (Å²) in [5.41, 5.74) is 2.48. The van der Waals surface area contributed by atoms with Crippen LogP contribution in [0.1, 0.15) is 5.56 Å². The minimum atomic E-state index is -0.555. The Morgan fingerprint density at radius 1 is 1.09 bits per heavy atom. The third kappa shape index (κ3) is 2.93. The summed E-state index contributed by atoms with van der Waals surface area (Å²) in [5, 5.41) is 4.64. The van der Waals surface area contributed by atoms with Gasteiger partial charge in [0, 0.05) is 11.1 Å². The van der Waals surface area contributed by atoms with Crippen molar-refractivity contribution in [3.8, 4) is 10.6 Å². The van der Waals surface area contributed by atoms with Gasteiger partial charge in [0.1, 0.15) is 12.1 Å². The highest BCUT2D eigenvalue weighted by atomic mass is 32.1. The molecule has 0 saturated carbocycles. The van der Waals surface area contributed by atoms with E-state index in [0.29, 0.717) is 5.56 Å². The summed E-state index contributed by atoms with van der Waals surface area (Å²) in [6.07, 6.45) is 0. The molecule has 1 heterocycles. The standard InChI is InChI=1S/C17H14N2O3S/c1-21-17(20)15(19-22-2)11-7-3-4-8-12(11)16-18-13-9-5-6-10-14(13)23-16/h3-10H,1-2H3. The van der Waals surface area contributed by atoms with E-state index in [2.05, 4.69) is 10.1 Å². The molecular formula is C17H14N2O3S. The van der Waals surface area contributed by atoms with Crippen molar-refractivity contribution in [3.63, 3.8) is 0 Å². The minimum absolute atomic E-state index is 0.116. The molecule has 0 N–H and O–H groups in total. The first-order valence-corrected chi connectivity index (χ1v) is 7.71. The van der Waals surface area contributed by atoms with E-state index in [1.807, 2.05) is 42.5 Å². The van der Waals surface area contributed by atoms with Crippen LogP contribution >= 0.6 is 11.3 Å². The van der Waals surface area contributed by atoms with Crippen molar-refractivity contribution in [1.29, 1.82) is 0 Å².